The number of hydrogen-bond donors (Lipinski definition) is 0. The van der Waals surface area contributed by atoms with Crippen LogP contribution in [0.1, 0.15) is 12.5 Å². The molecule has 2 heterocycles. The van der Waals surface area contributed by atoms with E-state index >= 15 is 4.39 Å². The lowest BCUT2D eigenvalue weighted by Crippen LogP contribution is -2.40. The third-order valence-electron chi connectivity index (χ3n) is 6.46. The van der Waals surface area contributed by atoms with Gasteiger partial charge in [0.2, 0.25) is 11.2 Å². The number of benzene rings is 3. The summed E-state index contributed by atoms with van der Waals surface area (Å²) < 4.78 is 32.2. The average molecular weight is 430 g/mol. The van der Waals surface area contributed by atoms with Gasteiger partial charge in [0.1, 0.15) is 24.0 Å². The highest BCUT2D eigenvalue weighted by Crippen LogP contribution is 2.38. The van der Waals surface area contributed by atoms with Gasteiger partial charge in [-0.2, -0.15) is 4.57 Å². The lowest BCUT2D eigenvalue weighted by atomic mass is 9.96. The normalized spacial score (nSPS) is 12.8. The molecule has 2 nitrogen and oxygen atoms in total. The summed E-state index contributed by atoms with van der Waals surface area (Å²) in [6.45, 7) is 10.8. The average Bonchev–Trinajstić information content (AvgIpc) is 3.08. The molecule has 5 aromatic rings. The molecule has 0 atom stereocenters. The molecule has 0 aliphatic rings. The van der Waals surface area contributed by atoms with Crippen molar-refractivity contribution in [2.24, 2.45) is 7.05 Å². The first-order chi connectivity index (χ1) is 15.1. The Labute approximate surface area is 184 Å². The molecule has 0 aliphatic carbocycles. The highest BCUT2D eigenvalue weighted by Gasteiger charge is 2.26. The van der Waals surface area contributed by atoms with Gasteiger partial charge in [0, 0.05) is 22.9 Å². The summed E-state index contributed by atoms with van der Waals surface area (Å²) in [6, 6.07) is 15.9. The third kappa shape index (κ3) is 3.00. The zero-order valence-electron chi connectivity index (χ0n) is 19.9. The number of para-hydroxylation sites is 1. The number of furan rings is 1. The lowest BCUT2D eigenvalue weighted by molar-refractivity contribution is -0.633. The zero-order chi connectivity index (χ0) is 22.9. The van der Waals surface area contributed by atoms with Crippen LogP contribution in [0, 0.1) is 19.7 Å². The van der Waals surface area contributed by atoms with E-state index in [0.717, 1.165) is 55.0 Å². The van der Waals surface area contributed by atoms with Crippen LogP contribution in [0.25, 0.3) is 44.1 Å². The largest absolute Gasteiger partial charge is 0.455 e. The van der Waals surface area contributed by atoms with E-state index in [1.807, 2.05) is 29.8 Å². The second-order valence-electron chi connectivity index (χ2n) is 9.50. The highest BCUT2D eigenvalue weighted by atomic mass is 28.3. The minimum atomic E-state index is -1.74. The molecule has 4 heteroatoms. The van der Waals surface area contributed by atoms with Crippen molar-refractivity contribution in [1.29, 1.82) is 0 Å². The summed E-state index contributed by atoms with van der Waals surface area (Å²) in [4.78, 5) is 0. The minimum absolute atomic E-state index is 0.192. The van der Waals surface area contributed by atoms with Crippen molar-refractivity contribution in [2.45, 2.75) is 33.5 Å². The van der Waals surface area contributed by atoms with Crippen LogP contribution in [0.2, 0.25) is 19.6 Å². The molecule has 156 valence electrons. The van der Waals surface area contributed by atoms with Crippen molar-refractivity contribution >= 4 is 46.1 Å². The monoisotopic (exact) mass is 429 g/mol. The molecule has 2 aromatic heterocycles. The molecule has 0 saturated carbocycles. The number of rotatable bonds is 2. The SMILES string of the molecule is [2H]c1cc(-c2c(C)c(C)cc3c2oc2ccccc23)[n+](C)c2cc([Si](C)(C)C)cc(F)c12. The number of hydrogen-bond acceptors (Lipinski definition) is 1. The fraction of sp³-hybridized carbons (Fsp3) is 0.222. The van der Waals surface area contributed by atoms with E-state index in [9.17, 15) is 0 Å². The van der Waals surface area contributed by atoms with Crippen LogP contribution in [0.3, 0.4) is 0 Å². The fourth-order valence-electron chi connectivity index (χ4n) is 4.43. The fourth-order valence-corrected chi connectivity index (χ4v) is 5.56. The van der Waals surface area contributed by atoms with E-state index in [0.29, 0.717) is 5.39 Å². The van der Waals surface area contributed by atoms with Crippen molar-refractivity contribution in [2.75, 3.05) is 0 Å². The van der Waals surface area contributed by atoms with Crippen LogP contribution in [0.15, 0.2) is 59.0 Å². The number of aryl methyl sites for hydroxylation is 2. The van der Waals surface area contributed by atoms with Gasteiger partial charge in [-0.05, 0) is 49.2 Å². The molecule has 0 amide bonds. The summed E-state index contributed by atoms with van der Waals surface area (Å²) in [5.74, 6) is -0.318. The van der Waals surface area contributed by atoms with Gasteiger partial charge in [0.25, 0.3) is 0 Å². The van der Waals surface area contributed by atoms with Crippen molar-refractivity contribution in [1.82, 2.24) is 0 Å². The van der Waals surface area contributed by atoms with Crippen molar-refractivity contribution in [3.63, 3.8) is 0 Å². The van der Waals surface area contributed by atoms with Crippen molar-refractivity contribution < 1.29 is 14.7 Å². The number of fused-ring (bicyclic) bond motifs is 4. The van der Waals surface area contributed by atoms with Crippen molar-refractivity contribution in [3.05, 3.63) is 71.5 Å². The molecule has 0 unspecified atom stereocenters. The number of halogens is 1. The molecule has 0 spiro atoms. The summed E-state index contributed by atoms with van der Waals surface area (Å²) in [5, 5.41) is 3.55. The Morgan fingerprint density at radius 2 is 1.71 bits per heavy atom. The quantitative estimate of drug-likeness (QED) is 0.230. The van der Waals surface area contributed by atoms with Crippen LogP contribution in [0.5, 0.6) is 0 Å². The topological polar surface area (TPSA) is 17.0 Å². The number of aromatic nitrogens is 1. The Balaban J connectivity index is 1.94. The van der Waals surface area contributed by atoms with Crippen LogP contribution >= 0.6 is 0 Å². The Hall–Kier alpha value is -2.98. The summed E-state index contributed by atoms with van der Waals surface area (Å²) in [6.07, 6.45) is 0. The van der Waals surface area contributed by atoms with E-state index in [1.165, 1.54) is 0 Å². The van der Waals surface area contributed by atoms with E-state index in [1.54, 1.807) is 12.1 Å². The summed E-state index contributed by atoms with van der Waals surface area (Å²) in [5.41, 5.74) is 6.49. The maximum atomic E-state index is 15.2. The Morgan fingerprint density at radius 1 is 0.968 bits per heavy atom. The van der Waals surface area contributed by atoms with Crippen LogP contribution < -0.4 is 9.75 Å². The van der Waals surface area contributed by atoms with Gasteiger partial charge < -0.3 is 4.42 Å². The molecular formula is C27H27FNOSi+. The molecule has 0 aliphatic heterocycles. The van der Waals surface area contributed by atoms with Gasteiger partial charge in [-0.25, -0.2) is 4.39 Å². The lowest BCUT2D eigenvalue weighted by Gasteiger charge is -2.17. The predicted molar refractivity (Wildman–Crippen MR) is 130 cm³/mol. The second kappa shape index (κ2) is 6.76. The second-order valence-corrected chi connectivity index (χ2v) is 14.6. The van der Waals surface area contributed by atoms with E-state index in [2.05, 4.69) is 51.7 Å². The van der Waals surface area contributed by atoms with Gasteiger partial charge in [-0.3, -0.25) is 0 Å². The Morgan fingerprint density at radius 3 is 2.45 bits per heavy atom. The molecule has 31 heavy (non-hydrogen) atoms. The summed E-state index contributed by atoms with van der Waals surface area (Å²) in [7, 11) is 0.221. The van der Waals surface area contributed by atoms with Gasteiger partial charge >= 0.3 is 0 Å². The van der Waals surface area contributed by atoms with Crippen LogP contribution in [0.4, 0.5) is 4.39 Å². The molecule has 0 fully saturated rings. The van der Waals surface area contributed by atoms with Crippen LogP contribution in [-0.4, -0.2) is 8.07 Å². The number of nitrogens with zero attached hydrogens (tertiary/aromatic N) is 1. The Bertz CT molecular complexity index is 1560. The first kappa shape index (κ1) is 18.8. The number of pyridine rings is 1. The maximum absolute atomic E-state index is 15.2. The van der Waals surface area contributed by atoms with E-state index < -0.39 is 8.07 Å². The first-order valence-electron chi connectivity index (χ1n) is 11.1. The van der Waals surface area contributed by atoms with Gasteiger partial charge in [0.05, 0.1) is 20.4 Å². The minimum Gasteiger partial charge on any atom is -0.455 e. The molecule has 0 saturated heterocycles. The van der Waals surface area contributed by atoms with Gasteiger partial charge in [-0.15, -0.1) is 0 Å². The van der Waals surface area contributed by atoms with Crippen molar-refractivity contribution in [3.8, 4) is 11.3 Å². The summed E-state index contributed by atoms with van der Waals surface area (Å²) >= 11 is 0. The molecule has 0 N–H and O–H groups in total. The standard InChI is InChI=1S/C27H27FNOSi/c1-16-13-21-19-9-7-8-10-25(19)30-27(21)26(17(16)2)23-12-11-20-22(28)14-18(31(4,5)6)15-24(20)29(23)3/h7-15H,1-6H3/q+1/i11D. The smallest absolute Gasteiger partial charge is 0.216 e. The Kier molecular flexibility index (Phi) is 4.09. The molecule has 5 rings (SSSR count). The molecule has 0 bridgehead atoms. The molecular weight excluding hydrogens is 401 g/mol. The van der Waals surface area contributed by atoms with E-state index in [-0.39, 0.29) is 11.9 Å². The maximum Gasteiger partial charge on any atom is 0.216 e. The molecule has 0 radical (unpaired) electrons. The van der Waals surface area contributed by atoms with Crippen LogP contribution in [-0.2, 0) is 7.05 Å². The van der Waals surface area contributed by atoms with Gasteiger partial charge in [0.15, 0.2) is 0 Å². The highest BCUT2D eigenvalue weighted by molar-refractivity contribution is 6.88. The van der Waals surface area contributed by atoms with E-state index in [4.69, 9.17) is 5.79 Å². The first-order valence-corrected chi connectivity index (χ1v) is 14.1. The van der Waals surface area contributed by atoms with Gasteiger partial charge in [-0.1, -0.05) is 43.0 Å². The third-order valence-corrected chi connectivity index (χ3v) is 8.48. The predicted octanol–water partition coefficient (Wildman–Crippen LogP) is 6.53. The molecule has 3 aromatic carbocycles. The zero-order valence-corrected chi connectivity index (χ0v) is 19.9.